The summed E-state index contributed by atoms with van der Waals surface area (Å²) in [6.45, 7) is 2.88. The molecule has 1 spiro atoms. The van der Waals surface area contributed by atoms with Crippen LogP contribution >= 0.6 is 11.6 Å². The van der Waals surface area contributed by atoms with Crippen LogP contribution in [-0.2, 0) is 11.3 Å². The van der Waals surface area contributed by atoms with E-state index in [4.69, 9.17) is 26.1 Å². The summed E-state index contributed by atoms with van der Waals surface area (Å²) >= 11 is 6.50. The third-order valence-electron chi connectivity index (χ3n) is 6.53. The average molecular weight is 516 g/mol. The second-order valence-electron chi connectivity index (χ2n) is 9.14. The average Bonchev–Trinajstić information content (AvgIpc) is 3.30. The largest absolute Gasteiger partial charge is 0.486 e. The molecule has 1 saturated heterocycles. The minimum atomic E-state index is -0.118. The summed E-state index contributed by atoms with van der Waals surface area (Å²) in [4.78, 5) is 18.0. The molecule has 4 heterocycles. The molecule has 4 aromatic rings. The van der Waals surface area contributed by atoms with Crippen molar-refractivity contribution in [3.05, 3.63) is 77.8 Å². The fraction of sp³-hybridized carbons (Fsp3) is 0.259. The Morgan fingerprint density at radius 3 is 2.68 bits per heavy atom. The van der Waals surface area contributed by atoms with Crippen LogP contribution in [0.2, 0.25) is 5.02 Å². The van der Waals surface area contributed by atoms with Crippen molar-refractivity contribution in [2.75, 3.05) is 30.3 Å². The maximum atomic E-state index is 6.50. The molecule has 2 aliphatic heterocycles. The fourth-order valence-electron chi connectivity index (χ4n) is 4.52. The van der Waals surface area contributed by atoms with Gasteiger partial charge in [0.15, 0.2) is 0 Å². The van der Waals surface area contributed by atoms with E-state index in [0.29, 0.717) is 35.8 Å². The van der Waals surface area contributed by atoms with Gasteiger partial charge in [0, 0.05) is 23.0 Å². The van der Waals surface area contributed by atoms with Crippen molar-refractivity contribution in [3.63, 3.8) is 0 Å². The van der Waals surface area contributed by atoms with E-state index >= 15 is 0 Å². The smallest absolute Gasteiger partial charge is 0.289 e. The molecule has 2 aromatic carbocycles. The Labute approximate surface area is 219 Å². The third-order valence-corrected chi connectivity index (χ3v) is 6.83. The highest BCUT2D eigenvalue weighted by molar-refractivity contribution is 6.32. The number of rotatable bonds is 6. The van der Waals surface area contributed by atoms with E-state index in [9.17, 15) is 0 Å². The molecule has 2 aliphatic rings. The van der Waals surface area contributed by atoms with Gasteiger partial charge in [0.25, 0.3) is 6.02 Å². The summed E-state index contributed by atoms with van der Waals surface area (Å²) in [5, 5.41) is 11.4. The van der Waals surface area contributed by atoms with Crippen molar-refractivity contribution in [2.45, 2.75) is 25.0 Å². The number of aliphatic imine (C=N–C) groups is 1. The predicted octanol–water partition coefficient (Wildman–Crippen LogP) is 4.92. The van der Waals surface area contributed by atoms with Crippen LogP contribution in [0.15, 0.2) is 72.1 Å². The van der Waals surface area contributed by atoms with Crippen LogP contribution in [0.25, 0.3) is 10.9 Å². The molecule has 3 N–H and O–H groups in total. The first kappa shape index (κ1) is 23.4. The fourth-order valence-corrected chi connectivity index (χ4v) is 4.76. The Morgan fingerprint density at radius 1 is 0.973 bits per heavy atom. The molecule has 0 amide bonds. The monoisotopic (exact) mass is 515 g/mol. The second-order valence-corrected chi connectivity index (χ2v) is 9.55. The van der Waals surface area contributed by atoms with E-state index in [-0.39, 0.29) is 5.54 Å². The number of nitrogens with zero attached hydrogens (tertiary/aromatic N) is 4. The topological polar surface area (TPSA) is 106 Å². The first-order chi connectivity index (χ1) is 18.2. The predicted molar refractivity (Wildman–Crippen MR) is 145 cm³/mol. The molecule has 9 nitrogen and oxygen atoms in total. The van der Waals surface area contributed by atoms with E-state index in [1.54, 1.807) is 6.20 Å². The second kappa shape index (κ2) is 10.2. The lowest BCUT2D eigenvalue weighted by Crippen LogP contribution is -2.41. The normalized spacial score (nSPS) is 16.3. The highest BCUT2D eigenvalue weighted by Gasteiger charge is 2.37. The lowest BCUT2D eigenvalue weighted by atomic mass is 9.91. The van der Waals surface area contributed by atoms with Gasteiger partial charge < -0.3 is 25.4 Å². The minimum Gasteiger partial charge on any atom is -0.486 e. The molecule has 0 aliphatic carbocycles. The van der Waals surface area contributed by atoms with E-state index in [2.05, 4.69) is 30.9 Å². The maximum Gasteiger partial charge on any atom is 0.289 e. The number of aromatic nitrogens is 3. The van der Waals surface area contributed by atoms with Gasteiger partial charge in [-0.15, -0.1) is 0 Å². The third kappa shape index (κ3) is 5.28. The Balaban J connectivity index is 1.18. The summed E-state index contributed by atoms with van der Waals surface area (Å²) in [5.74, 6) is 1.25. The van der Waals surface area contributed by atoms with Crippen LogP contribution in [0.5, 0.6) is 5.75 Å². The van der Waals surface area contributed by atoms with Crippen molar-refractivity contribution >= 4 is 45.7 Å². The number of anilines is 3. The Bertz CT molecular complexity index is 1440. The van der Waals surface area contributed by atoms with Gasteiger partial charge in [-0.1, -0.05) is 17.7 Å². The molecule has 6 rings (SSSR count). The van der Waals surface area contributed by atoms with E-state index < -0.39 is 0 Å². The number of amidine groups is 1. The number of benzene rings is 2. The molecule has 0 saturated carbocycles. The molecule has 0 unspecified atom stereocenters. The SMILES string of the molecule is Clc1cc(Nc2ncnc3ccc(NC4=NC5(CCNCC5)CO4)cc23)ccc1OCc1ccccn1. The lowest BCUT2D eigenvalue weighted by Gasteiger charge is -2.28. The Hall–Kier alpha value is -3.95. The van der Waals surface area contributed by atoms with Crippen molar-refractivity contribution in [3.8, 4) is 5.75 Å². The quantitative estimate of drug-likeness (QED) is 0.332. The van der Waals surface area contributed by atoms with Gasteiger partial charge in [-0.25, -0.2) is 15.0 Å². The molecule has 188 valence electrons. The summed E-state index contributed by atoms with van der Waals surface area (Å²) in [6.07, 6.45) is 5.23. The number of piperidine rings is 1. The maximum absolute atomic E-state index is 6.50. The molecule has 0 radical (unpaired) electrons. The van der Waals surface area contributed by atoms with E-state index in [1.807, 2.05) is 54.6 Å². The van der Waals surface area contributed by atoms with Crippen LogP contribution in [-0.4, -0.2) is 46.2 Å². The van der Waals surface area contributed by atoms with Crippen LogP contribution in [0.4, 0.5) is 17.2 Å². The van der Waals surface area contributed by atoms with Crippen LogP contribution in [0.3, 0.4) is 0 Å². The molecular weight excluding hydrogens is 490 g/mol. The summed E-state index contributed by atoms with van der Waals surface area (Å²) in [6, 6.07) is 17.7. The molecule has 1 fully saturated rings. The highest BCUT2D eigenvalue weighted by atomic mass is 35.5. The van der Waals surface area contributed by atoms with Gasteiger partial charge in [0.2, 0.25) is 0 Å². The summed E-state index contributed by atoms with van der Waals surface area (Å²) in [5.41, 5.74) is 3.16. The highest BCUT2D eigenvalue weighted by Crippen LogP contribution is 2.32. The first-order valence-electron chi connectivity index (χ1n) is 12.2. The van der Waals surface area contributed by atoms with Gasteiger partial charge >= 0.3 is 0 Å². The molecular formula is C27H26ClN7O2. The van der Waals surface area contributed by atoms with Gasteiger partial charge in [-0.3, -0.25) is 4.98 Å². The molecule has 2 aromatic heterocycles. The van der Waals surface area contributed by atoms with E-state index in [1.165, 1.54) is 6.33 Å². The summed E-state index contributed by atoms with van der Waals surface area (Å²) in [7, 11) is 0. The number of nitrogens with one attached hydrogen (secondary N) is 3. The number of hydrogen-bond acceptors (Lipinski definition) is 9. The molecule has 0 atom stereocenters. The Kier molecular flexibility index (Phi) is 6.46. The lowest BCUT2D eigenvalue weighted by molar-refractivity contribution is 0.214. The number of ether oxygens (including phenoxy) is 2. The van der Waals surface area contributed by atoms with Crippen molar-refractivity contribution in [2.24, 2.45) is 4.99 Å². The zero-order valence-electron chi connectivity index (χ0n) is 20.1. The van der Waals surface area contributed by atoms with Gasteiger partial charge in [-0.05, 0) is 74.5 Å². The summed E-state index contributed by atoms with van der Waals surface area (Å²) < 4.78 is 11.7. The van der Waals surface area contributed by atoms with Crippen LogP contribution in [0.1, 0.15) is 18.5 Å². The van der Waals surface area contributed by atoms with Gasteiger partial charge in [0.1, 0.15) is 36.6 Å². The molecule has 37 heavy (non-hydrogen) atoms. The number of fused-ring (bicyclic) bond motifs is 1. The van der Waals surface area contributed by atoms with Gasteiger partial charge in [-0.2, -0.15) is 0 Å². The zero-order valence-corrected chi connectivity index (χ0v) is 20.8. The van der Waals surface area contributed by atoms with Crippen molar-refractivity contribution < 1.29 is 9.47 Å². The van der Waals surface area contributed by atoms with Crippen LogP contribution in [0, 0.1) is 0 Å². The Morgan fingerprint density at radius 2 is 1.84 bits per heavy atom. The first-order valence-corrected chi connectivity index (χ1v) is 12.6. The standard InChI is InChI=1S/C27H26ClN7O2/c28-22-14-19(5-7-24(22)36-15-20-3-1-2-10-30-20)33-25-21-13-18(4-6-23(21)31-17-32-25)34-26-35-27(16-37-26)8-11-29-12-9-27/h1-7,10,13-14,17,29H,8-9,11-12,15-16H2,(H,34,35)(H,31,32,33). The van der Waals surface area contributed by atoms with Crippen LogP contribution < -0.4 is 20.7 Å². The molecule has 10 heteroatoms. The van der Waals surface area contributed by atoms with E-state index in [0.717, 1.165) is 53.9 Å². The van der Waals surface area contributed by atoms with Crippen molar-refractivity contribution in [1.29, 1.82) is 0 Å². The molecule has 0 bridgehead atoms. The van der Waals surface area contributed by atoms with Gasteiger partial charge in [0.05, 0.1) is 16.2 Å². The minimum absolute atomic E-state index is 0.118. The zero-order chi connectivity index (χ0) is 25.1. The number of pyridine rings is 1. The number of halogens is 1. The number of hydrogen-bond donors (Lipinski definition) is 3. The van der Waals surface area contributed by atoms with Crippen molar-refractivity contribution in [1.82, 2.24) is 20.3 Å².